The van der Waals surface area contributed by atoms with Crippen molar-refractivity contribution in [2.24, 2.45) is 0 Å². The summed E-state index contributed by atoms with van der Waals surface area (Å²) in [6.45, 7) is 0. The van der Waals surface area contributed by atoms with E-state index in [0.717, 1.165) is 49.2 Å². The van der Waals surface area contributed by atoms with E-state index in [1.807, 2.05) is 0 Å². The second-order valence-corrected chi connectivity index (χ2v) is 5.42. The third-order valence-electron chi connectivity index (χ3n) is 2.48. The number of ether oxygens (including phenoxy) is 3. The van der Waals surface area contributed by atoms with Crippen LogP contribution in [-0.2, 0) is 14.2 Å². The van der Waals surface area contributed by atoms with Gasteiger partial charge in [-0.05, 0) is 38.5 Å². The lowest BCUT2D eigenvalue weighted by atomic mass is 10.2. The summed E-state index contributed by atoms with van der Waals surface area (Å²) in [5, 5.41) is 2.06. The monoisotopic (exact) mass is 374 g/mol. The Morgan fingerprint density at radius 2 is 1.18 bits per heavy atom. The van der Waals surface area contributed by atoms with Crippen molar-refractivity contribution in [1.82, 2.24) is 0 Å². The van der Waals surface area contributed by atoms with Crippen LogP contribution in [0.4, 0.5) is 0 Å². The summed E-state index contributed by atoms with van der Waals surface area (Å²) in [6, 6.07) is 0. The van der Waals surface area contributed by atoms with Crippen LogP contribution in [-0.4, -0.2) is 37.5 Å². The number of hydrogen-bond donors (Lipinski definition) is 0. The molecule has 2 atom stereocenters. The maximum atomic E-state index is 5.77. The molecule has 5 heteroatoms. The standard InChI is InChI=1S/C12H24Br2O3/c1-15-11(7-3-5-9-13)17-12(16-2)8-4-6-10-14/h11-12H,3-10H2,1-2H3. The fourth-order valence-corrected chi connectivity index (χ4v) is 2.26. The first kappa shape index (κ1) is 17.8. The molecule has 104 valence electrons. The average Bonchev–Trinajstić information content (AvgIpc) is 2.36. The summed E-state index contributed by atoms with van der Waals surface area (Å²) in [7, 11) is 3.37. The van der Waals surface area contributed by atoms with Gasteiger partial charge in [-0.25, -0.2) is 0 Å². The molecule has 0 saturated carbocycles. The Balaban J connectivity index is 3.77. The van der Waals surface area contributed by atoms with Crippen molar-refractivity contribution in [2.45, 2.75) is 51.1 Å². The molecule has 3 nitrogen and oxygen atoms in total. The second-order valence-electron chi connectivity index (χ2n) is 3.84. The predicted molar refractivity (Wildman–Crippen MR) is 78.0 cm³/mol. The van der Waals surface area contributed by atoms with Crippen LogP contribution in [0.15, 0.2) is 0 Å². The molecule has 2 unspecified atom stereocenters. The number of alkyl halides is 2. The Morgan fingerprint density at radius 3 is 1.47 bits per heavy atom. The van der Waals surface area contributed by atoms with E-state index in [9.17, 15) is 0 Å². The van der Waals surface area contributed by atoms with E-state index in [1.54, 1.807) is 14.2 Å². The van der Waals surface area contributed by atoms with Crippen molar-refractivity contribution in [1.29, 1.82) is 0 Å². The minimum atomic E-state index is -0.150. The van der Waals surface area contributed by atoms with Crippen molar-refractivity contribution in [3.8, 4) is 0 Å². The molecular formula is C12H24Br2O3. The van der Waals surface area contributed by atoms with Gasteiger partial charge in [0.25, 0.3) is 0 Å². The first-order valence-electron chi connectivity index (χ1n) is 6.11. The van der Waals surface area contributed by atoms with E-state index in [4.69, 9.17) is 14.2 Å². The number of unbranched alkanes of at least 4 members (excludes halogenated alkanes) is 2. The summed E-state index contributed by atoms with van der Waals surface area (Å²) in [4.78, 5) is 0. The zero-order chi connectivity index (χ0) is 12.9. The minimum Gasteiger partial charge on any atom is -0.356 e. The Morgan fingerprint density at radius 1 is 0.765 bits per heavy atom. The van der Waals surface area contributed by atoms with Crippen molar-refractivity contribution < 1.29 is 14.2 Å². The smallest absolute Gasteiger partial charge is 0.160 e. The fraction of sp³-hybridized carbons (Fsp3) is 1.00. The second kappa shape index (κ2) is 13.3. The maximum Gasteiger partial charge on any atom is 0.160 e. The van der Waals surface area contributed by atoms with Crippen LogP contribution >= 0.6 is 31.9 Å². The van der Waals surface area contributed by atoms with Gasteiger partial charge in [0, 0.05) is 24.9 Å². The van der Waals surface area contributed by atoms with Crippen LogP contribution < -0.4 is 0 Å². The average molecular weight is 376 g/mol. The molecule has 0 rings (SSSR count). The first-order valence-corrected chi connectivity index (χ1v) is 8.35. The number of methoxy groups -OCH3 is 2. The largest absolute Gasteiger partial charge is 0.356 e. The van der Waals surface area contributed by atoms with E-state index < -0.39 is 0 Å². The number of hydrogen-bond acceptors (Lipinski definition) is 3. The van der Waals surface area contributed by atoms with Crippen LogP contribution in [0.3, 0.4) is 0 Å². The van der Waals surface area contributed by atoms with E-state index in [1.165, 1.54) is 0 Å². The summed E-state index contributed by atoms with van der Waals surface area (Å²) in [6.07, 6.45) is 6.02. The summed E-state index contributed by atoms with van der Waals surface area (Å²) < 4.78 is 16.4. The van der Waals surface area contributed by atoms with Crippen LogP contribution in [0.1, 0.15) is 38.5 Å². The molecule has 0 bridgehead atoms. The Kier molecular flexibility index (Phi) is 13.9. The Hall–Kier alpha value is 0.840. The lowest BCUT2D eigenvalue weighted by Crippen LogP contribution is -2.25. The van der Waals surface area contributed by atoms with Crippen LogP contribution in [0, 0.1) is 0 Å². The van der Waals surface area contributed by atoms with Crippen molar-refractivity contribution in [3.63, 3.8) is 0 Å². The SMILES string of the molecule is COC(CCCCBr)OC(CCCCBr)OC. The Labute approximate surface area is 122 Å². The van der Waals surface area contributed by atoms with Crippen LogP contribution in [0.25, 0.3) is 0 Å². The van der Waals surface area contributed by atoms with Crippen molar-refractivity contribution >= 4 is 31.9 Å². The normalized spacial score (nSPS) is 14.8. The molecule has 0 saturated heterocycles. The summed E-state index contributed by atoms with van der Waals surface area (Å²) >= 11 is 6.83. The van der Waals surface area contributed by atoms with Gasteiger partial charge < -0.3 is 14.2 Å². The highest BCUT2D eigenvalue weighted by molar-refractivity contribution is 9.09. The molecule has 0 aliphatic heterocycles. The van der Waals surface area contributed by atoms with Gasteiger partial charge >= 0.3 is 0 Å². The molecule has 0 heterocycles. The molecule has 17 heavy (non-hydrogen) atoms. The molecule has 0 amide bonds. The quantitative estimate of drug-likeness (QED) is 0.292. The molecule has 0 aromatic heterocycles. The fourth-order valence-electron chi connectivity index (χ4n) is 1.46. The van der Waals surface area contributed by atoms with Gasteiger partial charge in [-0.2, -0.15) is 0 Å². The molecule has 0 radical (unpaired) electrons. The van der Waals surface area contributed by atoms with Gasteiger partial charge in [0.05, 0.1) is 0 Å². The van der Waals surface area contributed by atoms with Crippen LogP contribution in [0.5, 0.6) is 0 Å². The lowest BCUT2D eigenvalue weighted by molar-refractivity contribution is -0.233. The molecule has 0 fully saturated rings. The van der Waals surface area contributed by atoms with Gasteiger partial charge in [0.2, 0.25) is 0 Å². The number of halogens is 2. The highest BCUT2D eigenvalue weighted by Crippen LogP contribution is 2.14. The zero-order valence-corrected chi connectivity index (χ0v) is 14.0. The minimum absolute atomic E-state index is 0.150. The summed E-state index contributed by atoms with van der Waals surface area (Å²) in [5.74, 6) is 0. The van der Waals surface area contributed by atoms with Gasteiger partial charge in [-0.3, -0.25) is 0 Å². The van der Waals surface area contributed by atoms with Gasteiger partial charge in [-0.15, -0.1) is 0 Å². The van der Waals surface area contributed by atoms with E-state index >= 15 is 0 Å². The predicted octanol–water partition coefficient (Wildman–Crippen LogP) is 4.08. The van der Waals surface area contributed by atoms with E-state index in [2.05, 4.69) is 31.9 Å². The van der Waals surface area contributed by atoms with Crippen molar-refractivity contribution in [3.05, 3.63) is 0 Å². The maximum absolute atomic E-state index is 5.77. The first-order chi connectivity index (χ1) is 8.28. The van der Waals surface area contributed by atoms with E-state index in [-0.39, 0.29) is 12.6 Å². The third-order valence-corrected chi connectivity index (χ3v) is 3.60. The lowest BCUT2D eigenvalue weighted by Gasteiger charge is -2.22. The molecule has 0 aliphatic carbocycles. The topological polar surface area (TPSA) is 27.7 Å². The molecule has 0 aromatic carbocycles. The van der Waals surface area contributed by atoms with Crippen molar-refractivity contribution in [2.75, 3.05) is 24.9 Å². The molecule has 0 aromatic rings. The van der Waals surface area contributed by atoms with Crippen LogP contribution in [0.2, 0.25) is 0 Å². The summed E-state index contributed by atoms with van der Waals surface area (Å²) in [5.41, 5.74) is 0. The molecule has 0 spiro atoms. The Bertz CT molecular complexity index is 143. The number of rotatable bonds is 12. The van der Waals surface area contributed by atoms with Gasteiger partial charge in [0.1, 0.15) is 0 Å². The zero-order valence-electron chi connectivity index (χ0n) is 10.8. The van der Waals surface area contributed by atoms with E-state index in [0.29, 0.717) is 0 Å². The molecule has 0 N–H and O–H groups in total. The molecule has 0 aliphatic rings. The van der Waals surface area contributed by atoms with Gasteiger partial charge in [-0.1, -0.05) is 31.9 Å². The third kappa shape index (κ3) is 10.4. The molecular weight excluding hydrogens is 352 g/mol. The van der Waals surface area contributed by atoms with Gasteiger partial charge in [0.15, 0.2) is 12.6 Å². The highest BCUT2D eigenvalue weighted by Gasteiger charge is 2.15. The highest BCUT2D eigenvalue weighted by atomic mass is 79.9.